The molecule has 2 N–H and O–H groups in total. The van der Waals surface area contributed by atoms with E-state index in [0.717, 1.165) is 4.47 Å². The Hall–Kier alpha value is -0.490. The molecule has 0 heterocycles. The first-order chi connectivity index (χ1) is 8.51. The zero-order valence-electron chi connectivity index (χ0n) is 11.0. The van der Waals surface area contributed by atoms with Crippen LogP contribution in [0.15, 0.2) is 22.7 Å². The van der Waals surface area contributed by atoms with E-state index >= 15 is 0 Å². The van der Waals surface area contributed by atoms with E-state index in [1.165, 1.54) is 6.07 Å². The molecule has 2 atom stereocenters. The van der Waals surface area contributed by atoms with Crippen molar-refractivity contribution in [2.24, 2.45) is 5.73 Å². The average Bonchev–Trinajstić information content (AvgIpc) is 2.34. The Labute approximate surface area is 116 Å². The van der Waals surface area contributed by atoms with E-state index in [-0.39, 0.29) is 17.9 Å². The van der Waals surface area contributed by atoms with Crippen LogP contribution in [0.4, 0.5) is 4.39 Å². The third-order valence-electron chi connectivity index (χ3n) is 3.14. The predicted molar refractivity (Wildman–Crippen MR) is 75.0 cm³/mol. The molecule has 1 aromatic carbocycles. The summed E-state index contributed by atoms with van der Waals surface area (Å²) in [5.74, 6) is -0.231. The normalized spacial score (nSPS) is 14.8. The van der Waals surface area contributed by atoms with E-state index < -0.39 is 0 Å². The number of hydrogen-bond donors (Lipinski definition) is 1. The smallest absolute Gasteiger partial charge is 0.128 e. The van der Waals surface area contributed by atoms with Gasteiger partial charge in [-0.15, -0.1) is 0 Å². The van der Waals surface area contributed by atoms with Crippen LogP contribution < -0.4 is 5.73 Å². The SMILES string of the molecule is COCC(C)N(C)C(CN)c1cc(Br)ccc1F. The fourth-order valence-electron chi connectivity index (χ4n) is 1.95. The van der Waals surface area contributed by atoms with Crippen LogP contribution in [-0.4, -0.2) is 38.3 Å². The van der Waals surface area contributed by atoms with Crippen molar-refractivity contribution < 1.29 is 9.13 Å². The lowest BCUT2D eigenvalue weighted by Crippen LogP contribution is -2.39. The standard InChI is InChI=1S/C13H20BrFN2O/c1-9(8-18-3)17(2)13(7-16)11-6-10(14)4-5-12(11)15/h4-6,9,13H,7-8,16H2,1-3H3. The fourth-order valence-corrected chi connectivity index (χ4v) is 2.33. The largest absolute Gasteiger partial charge is 0.383 e. The Morgan fingerprint density at radius 2 is 2.17 bits per heavy atom. The quantitative estimate of drug-likeness (QED) is 0.876. The van der Waals surface area contributed by atoms with Crippen LogP contribution in [0.25, 0.3) is 0 Å². The van der Waals surface area contributed by atoms with Crippen LogP contribution in [0.1, 0.15) is 18.5 Å². The molecule has 0 aromatic heterocycles. The second-order valence-corrected chi connectivity index (χ2v) is 5.30. The number of halogens is 2. The van der Waals surface area contributed by atoms with Crippen molar-refractivity contribution in [2.45, 2.75) is 19.0 Å². The van der Waals surface area contributed by atoms with E-state index in [4.69, 9.17) is 10.5 Å². The summed E-state index contributed by atoms with van der Waals surface area (Å²) < 4.78 is 19.9. The molecule has 0 aliphatic heterocycles. The van der Waals surface area contributed by atoms with Crippen molar-refractivity contribution in [2.75, 3.05) is 27.3 Å². The van der Waals surface area contributed by atoms with Gasteiger partial charge in [0.2, 0.25) is 0 Å². The number of methoxy groups -OCH3 is 1. The number of likely N-dealkylation sites (N-methyl/N-ethyl adjacent to an activating group) is 1. The summed E-state index contributed by atoms with van der Waals surface area (Å²) in [5.41, 5.74) is 6.40. The molecule has 102 valence electrons. The van der Waals surface area contributed by atoms with E-state index in [1.807, 2.05) is 18.9 Å². The number of hydrogen-bond acceptors (Lipinski definition) is 3. The monoisotopic (exact) mass is 318 g/mol. The Morgan fingerprint density at radius 1 is 1.50 bits per heavy atom. The molecule has 5 heteroatoms. The summed E-state index contributed by atoms with van der Waals surface area (Å²) in [6.45, 7) is 2.97. The molecule has 0 fully saturated rings. The first-order valence-corrected chi connectivity index (χ1v) is 6.66. The Balaban J connectivity index is 2.98. The third-order valence-corrected chi connectivity index (χ3v) is 3.63. The van der Waals surface area contributed by atoms with E-state index in [0.29, 0.717) is 18.7 Å². The van der Waals surface area contributed by atoms with Gasteiger partial charge in [-0.05, 0) is 32.2 Å². The van der Waals surface area contributed by atoms with Gasteiger partial charge in [-0.25, -0.2) is 4.39 Å². The molecule has 0 saturated heterocycles. The van der Waals surface area contributed by atoms with Crippen LogP contribution in [0.3, 0.4) is 0 Å². The highest BCUT2D eigenvalue weighted by atomic mass is 79.9. The van der Waals surface area contributed by atoms with Crippen molar-refractivity contribution in [3.8, 4) is 0 Å². The van der Waals surface area contributed by atoms with Crippen LogP contribution in [0.2, 0.25) is 0 Å². The molecule has 3 nitrogen and oxygen atoms in total. The first kappa shape index (κ1) is 15.6. The first-order valence-electron chi connectivity index (χ1n) is 5.87. The summed E-state index contributed by atoms with van der Waals surface area (Å²) in [7, 11) is 3.59. The fraction of sp³-hybridized carbons (Fsp3) is 0.538. The summed E-state index contributed by atoms with van der Waals surface area (Å²) in [4.78, 5) is 2.04. The molecule has 0 bridgehead atoms. The summed E-state index contributed by atoms with van der Waals surface area (Å²) in [5, 5.41) is 0. The Kier molecular flexibility index (Phi) is 6.21. The second kappa shape index (κ2) is 7.19. The van der Waals surface area contributed by atoms with Gasteiger partial charge in [-0.1, -0.05) is 15.9 Å². The maximum absolute atomic E-state index is 13.9. The number of benzene rings is 1. The van der Waals surface area contributed by atoms with E-state index in [1.54, 1.807) is 19.2 Å². The Morgan fingerprint density at radius 3 is 2.72 bits per heavy atom. The lowest BCUT2D eigenvalue weighted by atomic mass is 10.0. The average molecular weight is 319 g/mol. The van der Waals surface area contributed by atoms with Gasteiger partial charge in [0.25, 0.3) is 0 Å². The zero-order chi connectivity index (χ0) is 13.7. The highest BCUT2D eigenvalue weighted by Crippen LogP contribution is 2.26. The van der Waals surface area contributed by atoms with Crippen molar-refractivity contribution in [3.05, 3.63) is 34.1 Å². The van der Waals surface area contributed by atoms with Gasteiger partial charge in [-0.2, -0.15) is 0 Å². The van der Waals surface area contributed by atoms with Gasteiger partial charge in [0.05, 0.1) is 12.6 Å². The minimum atomic E-state index is -0.231. The Bertz CT molecular complexity index is 389. The molecule has 18 heavy (non-hydrogen) atoms. The molecule has 0 saturated carbocycles. The summed E-state index contributed by atoms with van der Waals surface area (Å²) >= 11 is 3.36. The topological polar surface area (TPSA) is 38.5 Å². The van der Waals surface area contributed by atoms with Crippen molar-refractivity contribution >= 4 is 15.9 Å². The maximum atomic E-state index is 13.9. The molecular weight excluding hydrogens is 299 g/mol. The van der Waals surface area contributed by atoms with E-state index in [2.05, 4.69) is 15.9 Å². The van der Waals surface area contributed by atoms with Crippen LogP contribution >= 0.6 is 15.9 Å². The van der Waals surface area contributed by atoms with Crippen molar-refractivity contribution in [1.29, 1.82) is 0 Å². The van der Waals surface area contributed by atoms with E-state index in [9.17, 15) is 4.39 Å². The molecule has 1 rings (SSSR count). The number of rotatable bonds is 6. The molecule has 0 amide bonds. The zero-order valence-corrected chi connectivity index (χ0v) is 12.6. The number of ether oxygens (including phenoxy) is 1. The van der Waals surface area contributed by atoms with Gasteiger partial charge in [0, 0.05) is 29.7 Å². The predicted octanol–water partition coefficient (Wildman–Crippen LogP) is 2.55. The molecule has 0 spiro atoms. The third kappa shape index (κ3) is 3.75. The second-order valence-electron chi connectivity index (χ2n) is 4.39. The van der Waals surface area contributed by atoms with Crippen molar-refractivity contribution in [3.63, 3.8) is 0 Å². The molecule has 0 aliphatic rings. The van der Waals surface area contributed by atoms with Crippen LogP contribution in [0, 0.1) is 5.82 Å². The molecule has 0 radical (unpaired) electrons. The molecule has 0 aliphatic carbocycles. The van der Waals surface area contributed by atoms with Crippen molar-refractivity contribution in [1.82, 2.24) is 4.90 Å². The maximum Gasteiger partial charge on any atom is 0.128 e. The lowest BCUT2D eigenvalue weighted by Gasteiger charge is -2.32. The van der Waals surface area contributed by atoms with Gasteiger partial charge < -0.3 is 10.5 Å². The van der Waals surface area contributed by atoms with Gasteiger partial charge in [0.15, 0.2) is 0 Å². The highest BCUT2D eigenvalue weighted by molar-refractivity contribution is 9.10. The van der Waals surface area contributed by atoms with Gasteiger partial charge >= 0.3 is 0 Å². The van der Waals surface area contributed by atoms with Crippen LogP contribution in [0.5, 0.6) is 0 Å². The van der Waals surface area contributed by atoms with Gasteiger partial charge in [-0.3, -0.25) is 4.90 Å². The van der Waals surface area contributed by atoms with Gasteiger partial charge in [0.1, 0.15) is 5.82 Å². The molecular formula is C13H20BrFN2O. The van der Waals surface area contributed by atoms with Crippen LogP contribution in [-0.2, 0) is 4.74 Å². The minimum absolute atomic E-state index is 0.160. The lowest BCUT2D eigenvalue weighted by molar-refractivity contribution is 0.0899. The number of nitrogens with zero attached hydrogens (tertiary/aromatic N) is 1. The molecule has 1 aromatic rings. The minimum Gasteiger partial charge on any atom is -0.383 e. The summed E-state index contributed by atoms with van der Waals surface area (Å²) in [6, 6.07) is 4.93. The summed E-state index contributed by atoms with van der Waals surface area (Å²) in [6.07, 6.45) is 0. The number of nitrogens with two attached hydrogens (primary N) is 1. The molecule has 2 unspecified atom stereocenters. The highest BCUT2D eigenvalue weighted by Gasteiger charge is 2.23.